The van der Waals surface area contributed by atoms with Crippen molar-refractivity contribution in [2.24, 2.45) is 5.92 Å². The summed E-state index contributed by atoms with van der Waals surface area (Å²) in [5.41, 5.74) is 2.10. The molecule has 1 atom stereocenters. The van der Waals surface area contributed by atoms with Crippen molar-refractivity contribution in [2.75, 3.05) is 18.4 Å². The molecule has 2 aromatic carbocycles. The van der Waals surface area contributed by atoms with E-state index in [0.29, 0.717) is 31.2 Å². The SMILES string of the molecule is Cc1ccccc1-c1noc(CN2CCCC(C(=O)Nc3cc([N+](=O)[O-])ccc3Cl)C2)n1. The molecule has 2 heterocycles. The maximum Gasteiger partial charge on any atom is 0.271 e. The van der Waals surface area contributed by atoms with Crippen molar-refractivity contribution in [3.8, 4) is 11.4 Å². The number of halogens is 1. The van der Waals surface area contributed by atoms with Gasteiger partial charge in [0.2, 0.25) is 17.6 Å². The molecular weight excluding hydrogens is 434 g/mol. The molecule has 1 fully saturated rings. The van der Waals surface area contributed by atoms with Crippen LogP contribution in [0.25, 0.3) is 11.4 Å². The maximum absolute atomic E-state index is 12.8. The number of likely N-dealkylation sites (tertiary alicyclic amines) is 1. The summed E-state index contributed by atoms with van der Waals surface area (Å²) in [6.45, 7) is 3.76. The lowest BCUT2D eigenvalue weighted by Crippen LogP contribution is -2.40. The predicted molar refractivity (Wildman–Crippen MR) is 119 cm³/mol. The van der Waals surface area contributed by atoms with Gasteiger partial charge in [-0.15, -0.1) is 0 Å². The number of amides is 1. The number of piperidine rings is 1. The van der Waals surface area contributed by atoms with Crippen LogP contribution in [0.5, 0.6) is 0 Å². The lowest BCUT2D eigenvalue weighted by molar-refractivity contribution is -0.384. The molecular formula is C22H22ClN5O4. The monoisotopic (exact) mass is 455 g/mol. The van der Waals surface area contributed by atoms with Crippen LogP contribution in [0.1, 0.15) is 24.3 Å². The van der Waals surface area contributed by atoms with Gasteiger partial charge in [0.05, 0.1) is 28.1 Å². The summed E-state index contributed by atoms with van der Waals surface area (Å²) < 4.78 is 5.43. The molecule has 1 amide bonds. The second-order valence-corrected chi connectivity index (χ2v) is 8.22. The number of benzene rings is 2. The van der Waals surface area contributed by atoms with Crippen LogP contribution in [-0.4, -0.2) is 39.0 Å². The fourth-order valence-electron chi connectivity index (χ4n) is 3.81. The van der Waals surface area contributed by atoms with Gasteiger partial charge in [-0.25, -0.2) is 0 Å². The van der Waals surface area contributed by atoms with E-state index >= 15 is 0 Å². The third-order valence-corrected chi connectivity index (χ3v) is 5.84. The van der Waals surface area contributed by atoms with Gasteiger partial charge >= 0.3 is 0 Å². The van der Waals surface area contributed by atoms with Crippen molar-refractivity contribution < 1.29 is 14.2 Å². The van der Waals surface area contributed by atoms with Gasteiger partial charge < -0.3 is 9.84 Å². The highest BCUT2D eigenvalue weighted by Crippen LogP contribution is 2.28. The number of nitro benzene ring substituents is 1. The van der Waals surface area contributed by atoms with Gasteiger partial charge in [0.25, 0.3) is 5.69 Å². The Hall–Kier alpha value is -3.30. The Labute approximate surface area is 189 Å². The third-order valence-electron chi connectivity index (χ3n) is 5.51. The molecule has 4 rings (SSSR count). The number of aromatic nitrogens is 2. The van der Waals surface area contributed by atoms with Crippen LogP contribution < -0.4 is 5.32 Å². The number of carbonyl (C=O) groups excluding carboxylic acids is 1. The minimum Gasteiger partial charge on any atom is -0.338 e. The lowest BCUT2D eigenvalue weighted by Gasteiger charge is -2.30. The molecule has 1 unspecified atom stereocenters. The summed E-state index contributed by atoms with van der Waals surface area (Å²) in [7, 11) is 0. The molecule has 32 heavy (non-hydrogen) atoms. The third kappa shape index (κ3) is 4.95. The van der Waals surface area contributed by atoms with Crippen LogP contribution in [0.15, 0.2) is 47.0 Å². The largest absolute Gasteiger partial charge is 0.338 e. The van der Waals surface area contributed by atoms with E-state index in [4.69, 9.17) is 16.1 Å². The summed E-state index contributed by atoms with van der Waals surface area (Å²) in [5, 5.41) is 18.1. The molecule has 1 N–H and O–H groups in total. The molecule has 0 aliphatic carbocycles. The van der Waals surface area contributed by atoms with E-state index in [1.54, 1.807) is 0 Å². The fourth-order valence-corrected chi connectivity index (χ4v) is 3.98. The molecule has 0 radical (unpaired) electrons. The standard InChI is InChI=1S/C22H22ClN5O4/c1-14-5-2-3-7-17(14)21-25-20(32-26-21)13-27-10-4-6-15(12-27)22(29)24-19-11-16(28(30)31)8-9-18(19)23/h2-3,5,7-9,11,15H,4,6,10,12-13H2,1H3,(H,24,29). The van der Waals surface area contributed by atoms with E-state index in [9.17, 15) is 14.9 Å². The maximum atomic E-state index is 12.8. The average molecular weight is 456 g/mol. The summed E-state index contributed by atoms with van der Waals surface area (Å²) >= 11 is 6.11. The Balaban J connectivity index is 1.40. The van der Waals surface area contributed by atoms with Crippen molar-refractivity contribution in [1.82, 2.24) is 15.0 Å². The first-order valence-corrected chi connectivity index (χ1v) is 10.6. The van der Waals surface area contributed by atoms with E-state index in [0.717, 1.165) is 24.1 Å². The van der Waals surface area contributed by atoms with E-state index in [-0.39, 0.29) is 28.2 Å². The van der Waals surface area contributed by atoms with Crippen LogP contribution in [0.3, 0.4) is 0 Å². The second-order valence-electron chi connectivity index (χ2n) is 7.81. The number of carbonyl (C=O) groups is 1. The van der Waals surface area contributed by atoms with E-state index in [2.05, 4.69) is 20.4 Å². The zero-order chi connectivity index (χ0) is 22.7. The number of hydrogen-bond donors (Lipinski definition) is 1. The van der Waals surface area contributed by atoms with Crippen LogP contribution in [0.4, 0.5) is 11.4 Å². The second kappa shape index (κ2) is 9.46. The molecule has 3 aromatic rings. The Morgan fingerprint density at radius 3 is 2.94 bits per heavy atom. The zero-order valence-corrected chi connectivity index (χ0v) is 18.2. The van der Waals surface area contributed by atoms with Gasteiger partial charge in [-0.05, 0) is 37.9 Å². The van der Waals surface area contributed by atoms with Crippen molar-refractivity contribution >= 4 is 28.9 Å². The quantitative estimate of drug-likeness (QED) is 0.431. The Bertz CT molecular complexity index is 1150. The van der Waals surface area contributed by atoms with Crippen molar-refractivity contribution in [3.63, 3.8) is 0 Å². The molecule has 0 spiro atoms. The van der Waals surface area contributed by atoms with Gasteiger partial charge in [0, 0.05) is 24.2 Å². The smallest absolute Gasteiger partial charge is 0.271 e. The highest BCUT2D eigenvalue weighted by atomic mass is 35.5. The van der Waals surface area contributed by atoms with Crippen LogP contribution in [-0.2, 0) is 11.3 Å². The number of aryl methyl sites for hydroxylation is 1. The lowest BCUT2D eigenvalue weighted by atomic mass is 9.97. The van der Waals surface area contributed by atoms with Crippen molar-refractivity contribution in [1.29, 1.82) is 0 Å². The molecule has 1 aromatic heterocycles. The number of nitro groups is 1. The highest BCUT2D eigenvalue weighted by Gasteiger charge is 2.28. The molecule has 9 nitrogen and oxygen atoms in total. The van der Waals surface area contributed by atoms with E-state index in [1.165, 1.54) is 18.2 Å². The van der Waals surface area contributed by atoms with Gasteiger partial charge in [0.1, 0.15) is 0 Å². The predicted octanol–water partition coefficient (Wildman–Crippen LogP) is 4.46. The van der Waals surface area contributed by atoms with E-state index in [1.807, 2.05) is 31.2 Å². The van der Waals surface area contributed by atoms with Crippen molar-refractivity contribution in [2.45, 2.75) is 26.3 Å². The minimum absolute atomic E-state index is 0.129. The molecule has 1 aliphatic heterocycles. The number of anilines is 1. The summed E-state index contributed by atoms with van der Waals surface area (Å²) in [4.78, 5) is 29.9. The molecule has 1 saturated heterocycles. The number of nitrogens with zero attached hydrogens (tertiary/aromatic N) is 4. The first kappa shape index (κ1) is 21.9. The number of nitrogens with one attached hydrogen (secondary N) is 1. The first-order valence-electron chi connectivity index (χ1n) is 10.3. The van der Waals surface area contributed by atoms with Crippen LogP contribution >= 0.6 is 11.6 Å². The fraction of sp³-hybridized carbons (Fsp3) is 0.318. The van der Waals surface area contributed by atoms with Gasteiger partial charge in [0.15, 0.2) is 0 Å². The molecule has 1 aliphatic rings. The number of hydrogen-bond acceptors (Lipinski definition) is 7. The van der Waals surface area contributed by atoms with Gasteiger partial charge in [-0.1, -0.05) is 41.0 Å². The zero-order valence-electron chi connectivity index (χ0n) is 17.5. The topological polar surface area (TPSA) is 114 Å². The summed E-state index contributed by atoms with van der Waals surface area (Å²) in [6, 6.07) is 11.8. The number of rotatable bonds is 6. The molecule has 0 saturated carbocycles. The highest BCUT2D eigenvalue weighted by molar-refractivity contribution is 6.33. The Morgan fingerprint density at radius 1 is 1.34 bits per heavy atom. The van der Waals surface area contributed by atoms with E-state index < -0.39 is 4.92 Å². The molecule has 10 heteroatoms. The molecule has 0 bridgehead atoms. The first-order chi connectivity index (χ1) is 15.4. The Morgan fingerprint density at radius 2 is 2.16 bits per heavy atom. The van der Waals surface area contributed by atoms with Crippen molar-refractivity contribution in [3.05, 3.63) is 69.1 Å². The van der Waals surface area contributed by atoms with Crippen LogP contribution in [0, 0.1) is 23.0 Å². The molecule has 166 valence electrons. The normalized spacial score (nSPS) is 16.6. The summed E-state index contributed by atoms with van der Waals surface area (Å²) in [5.74, 6) is 0.539. The minimum atomic E-state index is -0.524. The van der Waals surface area contributed by atoms with Gasteiger partial charge in [-0.3, -0.25) is 19.8 Å². The Kier molecular flexibility index (Phi) is 6.48. The average Bonchev–Trinajstić information content (AvgIpc) is 3.23. The van der Waals surface area contributed by atoms with Gasteiger partial charge in [-0.2, -0.15) is 4.98 Å². The van der Waals surface area contributed by atoms with Crippen LogP contribution in [0.2, 0.25) is 5.02 Å². The summed E-state index contributed by atoms with van der Waals surface area (Å²) in [6.07, 6.45) is 1.55. The number of non-ortho nitro benzene ring substituents is 1.